The molecule has 1 aromatic heterocycles. The Balaban J connectivity index is 1.82. The maximum atomic E-state index is 12.7. The average molecular weight is 312 g/mol. The molecule has 1 aliphatic carbocycles. The van der Waals surface area contributed by atoms with Gasteiger partial charge in [-0.05, 0) is 37.7 Å². The van der Waals surface area contributed by atoms with Gasteiger partial charge in [0, 0.05) is 31.0 Å². The molecule has 118 valence electrons. The van der Waals surface area contributed by atoms with Gasteiger partial charge in [0.25, 0.3) is 0 Å². The van der Waals surface area contributed by atoms with E-state index in [1.807, 2.05) is 4.57 Å². The third-order valence-electron chi connectivity index (χ3n) is 4.59. The van der Waals surface area contributed by atoms with Crippen molar-refractivity contribution in [1.29, 1.82) is 0 Å². The minimum atomic E-state index is -3.41. The molecule has 6 heteroatoms. The molecule has 1 saturated carbocycles. The molecule has 5 nitrogen and oxygen atoms in total. The minimum absolute atomic E-state index is 0.107. The molecule has 1 atom stereocenters. The van der Waals surface area contributed by atoms with Crippen molar-refractivity contribution in [3.8, 4) is 0 Å². The highest BCUT2D eigenvalue weighted by molar-refractivity contribution is 7.89. The Morgan fingerprint density at radius 1 is 1.33 bits per heavy atom. The van der Waals surface area contributed by atoms with E-state index in [4.69, 9.17) is 0 Å². The van der Waals surface area contributed by atoms with E-state index in [2.05, 4.69) is 6.92 Å². The van der Waals surface area contributed by atoms with E-state index in [9.17, 15) is 13.5 Å². The van der Waals surface area contributed by atoms with Crippen LogP contribution in [0.3, 0.4) is 0 Å². The van der Waals surface area contributed by atoms with Gasteiger partial charge in [0.2, 0.25) is 10.0 Å². The lowest BCUT2D eigenvalue weighted by Crippen LogP contribution is -2.28. The molecule has 3 rings (SSSR count). The first kappa shape index (κ1) is 15.1. The van der Waals surface area contributed by atoms with Crippen molar-refractivity contribution in [2.75, 3.05) is 13.1 Å². The summed E-state index contributed by atoms with van der Waals surface area (Å²) in [6.07, 6.45) is 7.02. The molecule has 2 aliphatic rings. The summed E-state index contributed by atoms with van der Waals surface area (Å²) in [4.78, 5) is 0.343. The third kappa shape index (κ3) is 2.89. The second-order valence-electron chi connectivity index (χ2n) is 6.27. The van der Waals surface area contributed by atoms with Crippen molar-refractivity contribution < 1.29 is 13.5 Å². The summed E-state index contributed by atoms with van der Waals surface area (Å²) in [7, 11) is -3.41. The van der Waals surface area contributed by atoms with Crippen molar-refractivity contribution in [2.24, 2.45) is 5.92 Å². The first-order valence-electron chi connectivity index (χ1n) is 7.88. The van der Waals surface area contributed by atoms with Crippen LogP contribution in [0, 0.1) is 5.92 Å². The van der Waals surface area contributed by atoms with Crippen LogP contribution < -0.4 is 0 Å². The Morgan fingerprint density at radius 3 is 2.71 bits per heavy atom. The summed E-state index contributed by atoms with van der Waals surface area (Å²) in [6.45, 7) is 3.29. The van der Waals surface area contributed by atoms with E-state index in [0.717, 1.165) is 32.1 Å². The van der Waals surface area contributed by atoms with Crippen molar-refractivity contribution in [3.63, 3.8) is 0 Å². The normalized spacial score (nSPS) is 23.8. The Labute approximate surface area is 126 Å². The molecule has 2 fully saturated rings. The second kappa shape index (κ2) is 5.74. The van der Waals surface area contributed by atoms with Gasteiger partial charge in [-0.3, -0.25) is 0 Å². The van der Waals surface area contributed by atoms with E-state index in [-0.39, 0.29) is 6.61 Å². The van der Waals surface area contributed by atoms with Gasteiger partial charge in [0.15, 0.2) is 0 Å². The highest BCUT2D eigenvalue weighted by Gasteiger charge is 2.34. The largest absolute Gasteiger partial charge is 0.390 e. The Bertz CT molecular complexity index is 604. The minimum Gasteiger partial charge on any atom is -0.390 e. The number of rotatable bonds is 6. The topological polar surface area (TPSA) is 62.5 Å². The standard InChI is InChI=1S/C15H24N2O3S/c1-2-3-12-6-7-16(9-12)21(19,20)15-8-14(11-18)17(10-15)13-4-5-13/h8,10,12-13,18H,2-7,9,11H2,1H3. The number of aliphatic hydroxyl groups is 1. The molecule has 1 aromatic rings. The van der Waals surface area contributed by atoms with Gasteiger partial charge in [-0.25, -0.2) is 8.42 Å². The van der Waals surface area contributed by atoms with Gasteiger partial charge in [-0.2, -0.15) is 4.31 Å². The van der Waals surface area contributed by atoms with Gasteiger partial charge >= 0.3 is 0 Å². The lowest BCUT2D eigenvalue weighted by molar-refractivity contribution is 0.270. The zero-order chi connectivity index (χ0) is 15.0. The first-order chi connectivity index (χ1) is 10.1. The molecular weight excluding hydrogens is 288 g/mol. The first-order valence-corrected chi connectivity index (χ1v) is 9.32. The number of hydrogen-bond donors (Lipinski definition) is 1. The maximum absolute atomic E-state index is 12.7. The van der Waals surface area contributed by atoms with E-state index in [1.54, 1.807) is 16.6 Å². The van der Waals surface area contributed by atoms with Crippen molar-refractivity contribution in [3.05, 3.63) is 18.0 Å². The fourth-order valence-electron chi connectivity index (χ4n) is 3.27. The maximum Gasteiger partial charge on any atom is 0.244 e. The van der Waals surface area contributed by atoms with Crippen LogP contribution in [0.25, 0.3) is 0 Å². The quantitative estimate of drug-likeness (QED) is 0.875. The number of nitrogens with zero attached hydrogens (tertiary/aromatic N) is 2. The van der Waals surface area contributed by atoms with Gasteiger partial charge in [-0.1, -0.05) is 13.3 Å². The van der Waals surface area contributed by atoms with E-state index in [0.29, 0.717) is 35.6 Å². The molecule has 2 heterocycles. The molecule has 1 aliphatic heterocycles. The van der Waals surface area contributed by atoms with Gasteiger partial charge in [-0.15, -0.1) is 0 Å². The number of sulfonamides is 1. The monoisotopic (exact) mass is 312 g/mol. The van der Waals surface area contributed by atoms with Gasteiger partial charge < -0.3 is 9.67 Å². The molecule has 0 bridgehead atoms. The van der Waals surface area contributed by atoms with Crippen molar-refractivity contribution in [1.82, 2.24) is 8.87 Å². The van der Waals surface area contributed by atoms with E-state index >= 15 is 0 Å². The fourth-order valence-corrected chi connectivity index (χ4v) is 4.85. The fraction of sp³-hybridized carbons (Fsp3) is 0.733. The Hall–Kier alpha value is -0.850. The zero-order valence-corrected chi connectivity index (χ0v) is 13.3. The van der Waals surface area contributed by atoms with Gasteiger partial charge in [0.05, 0.1) is 6.61 Å². The number of aromatic nitrogens is 1. The van der Waals surface area contributed by atoms with Crippen molar-refractivity contribution >= 4 is 10.0 Å². The van der Waals surface area contributed by atoms with Crippen LogP contribution in [-0.4, -0.2) is 35.5 Å². The van der Waals surface area contributed by atoms with Crippen LogP contribution in [0.4, 0.5) is 0 Å². The van der Waals surface area contributed by atoms with Crippen LogP contribution in [0.2, 0.25) is 0 Å². The van der Waals surface area contributed by atoms with Crippen LogP contribution >= 0.6 is 0 Å². The van der Waals surface area contributed by atoms with Crippen LogP contribution in [0.1, 0.15) is 50.8 Å². The summed E-state index contributed by atoms with van der Waals surface area (Å²) in [6, 6.07) is 2.02. The lowest BCUT2D eigenvalue weighted by Gasteiger charge is -2.15. The lowest BCUT2D eigenvalue weighted by atomic mass is 10.0. The number of hydrogen-bond acceptors (Lipinski definition) is 3. The summed E-state index contributed by atoms with van der Waals surface area (Å²) in [5.41, 5.74) is 0.709. The van der Waals surface area contributed by atoms with Crippen LogP contribution in [0.5, 0.6) is 0 Å². The molecular formula is C15H24N2O3S. The predicted octanol–water partition coefficient (Wildman–Crippen LogP) is 2.13. The van der Waals surface area contributed by atoms with Gasteiger partial charge in [0.1, 0.15) is 4.90 Å². The zero-order valence-electron chi connectivity index (χ0n) is 12.5. The summed E-state index contributed by atoms with van der Waals surface area (Å²) < 4.78 is 29.0. The SMILES string of the molecule is CCCC1CCN(S(=O)(=O)c2cc(CO)n(C3CC3)c2)C1. The molecule has 0 radical (unpaired) electrons. The predicted molar refractivity (Wildman–Crippen MR) is 80.4 cm³/mol. The molecule has 0 aromatic carbocycles. The van der Waals surface area contributed by atoms with Crippen LogP contribution in [-0.2, 0) is 16.6 Å². The average Bonchev–Trinajstić information content (AvgIpc) is 3.02. The molecule has 1 unspecified atom stereocenters. The van der Waals surface area contributed by atoms with Crippen molar-refractivity contribution in [2.45, 2.75) is 56.6 Å². The smallest absolute Gasteiger partial charge is 0.244 e. The molecule has 21 heavy (non-hydrogen) atoms. The third-order valence-corrected chi connectivity index (χ3v) is 6.42. The highest BCUT2D eigenvalue weighted by Crippen LogP contribution is 2.38. The number of aliphatic hydroxyl groups excluding tert-OH is 1. The summed E-state index contributed by atoms with van der Waals surface area (Å²) >= 11 is 0. The van der Waals surface area contributed by atoms with E-state index < -0.39 is 10.0 Å². The molecule has 0 spiro atoms. The Morgan fingerprint density at radius 2 is 2.10 bits per heavy atom. The molecule has 0 amide bonds. The summed E-state index contributed by atoms with van der Waals surface area (Å²) in [5.74, 6) is 0.493. The van der Waals surface area contributed by atoms with E-state index in [1.165, 1.54) is 0 Å². The Kier molecular flexibility index (Phi) is 4.12. The highest BCUT2D eigenvalue weighted by atomic mass is 32.2. The molecule has 1 saturated heterocycles. The molecule has 1 N–H and O–H groups in total. The summed E-state index contributed by atoms with van der Waals surface area (Å²) in [5, 5.41) is 9.42. The second-order valence-corrected chi connectivity index (χ2v) is 8.21. The van der Waals surface area contributed by atoms with Crippen LogP contribution in [0.15, 0.2) is 17.2 Å².